The molecule has 2 aromatic carbocycles. The Morgan fingerprint density at radius 2 is 1.94 bits per heavy atom. The molecule has 2 saturated heterocycles. The van der Waals surface area contributed by atoms with E-state index in [-0.39, 0.29) is 12.4 Å². The number of hydrogen-bond donors (Lipinski definition) is 2. The highest BCUT2D eigenvalue weighted by Gasteiger charge is 2.25. The van der Waals surface area contributed by atoms with Crippen LogP contribution in [0.5, 0.6) is 0 Å². The fourth-order valence-corrected chi connectivity index (χ4v) is 4.93. The standard InChI is InChI=1S/C24H22FN5O3S/c25-19-13-16(2-4-21(19)30-7-5-29(6-8-30)9-10-31)18-14-26-28-20-3-1-15(11-17(18)20)12-22-23(32)27-24(33)34-22/h1-4,11-14,31H,5-10H2,(H,27,32,33)/b22-12-. The predicted octanol–water partition coefficient (Wildman–Crippen LogP) is 2.87. The summed E-state index contributed by atoms with van der Waals surface area (Å²) in [5, 5.41) is 20.0. The number of piperazine rings is 1. The van der Waals surface area contributed by atoms with Crippen molar-refractivity contribution in [1.29, 1.82) is 0 Å². The number of aliphatic hydroxyl groups is 1. The van der Waals surface area contributed by atoms with Gasteiger partial charge in [-0.05, 0) is 53.2 Å². The van der Waals surface area contributed by atoms with Gasteiger partial charge < -0.3 is 10.0 Å². The molecule has 2 fully saturated rings. The minimum atomic E-state index is -0.418. The van der Waals surface area contributed by atoms with Gasteiger partial charge >= 0.3 is 0 Å². The van der Waals surface area contributed by atoms with Gasteiger partial charge in [0.25, 0.3) is 11.1 Å². The van der Waals surface area contributed by atoms with Crippen LogP contribution in [0.25, 0.3) is 28.1 Å². The molecular formula is C24H22FN5O3S. The number of nitrogens with zero attached hydrogens (tertiary/aromatic N) is 4. The van der Waals surface area contributed by atoms with E-state index in [9.17, 15) is 9.59 Å². The van der Waals surface area contributed by atoms with E-state index in [2.05, 4.69) is 20.4 Å². The lowest BCUT2D eigenvalue weighted by atomic mass is 10.00. The molecule has 8 nitrogen and oxygen atoms in total. The van der Waals surface area contributed by atoms with Crippen molar-refractivity contribution in [3.05, 3.63) is 58.9 Å². The number of rotatable bonds is 5. The molecule has 0 unspecified atom stereocenters. The van der Waals surface area contributed by atoms with E-state index in [1.165, 1.54) is 6.07 Å². The first-order chi connectivity index (χ1) is 16.5. The van der Waals surface area contributed by atoms with Gasteiger partial charge in [0.15, 0.2) is 0 Å². The summed E-state index contributed by atoms with van der Waals surface area (Å²) in [6, 6.07) is 10.6. The summed E-state index contributed by atoms with van der Waals surface area (Å²) in [5.41, 5.74) is 3.32. The molecule has 5 rings (SSSR count). The number of aliphatic hydroxyl groups excluding tert-OH is 1. The molecule has 3 heterocycles. The highest BCUT2D eigenvalue weighted by Crippen LogP contribution is 2.32. The van der Waals surface area contributed by atoms with E-state index in [1.807, 2.05) is 17.0 Å². The van der Waals surface area contributed by atoms with Crippen LogP contribution in [-0.2, 0) is 4.79 Å². The Morgan fingerprint density at radius 3 is 2.65 bits per heavy atom. The Morgan fingerprint density at radius 1 is 1.12 bits per heavy atom. The van der Waals surface area contributed by atoms with Gasteiger partial charge in [-0.25, -0.2) is 4.39 Å². The number of aromatic nitrogens is 2. The molecule has 0 spiro atoms. The topological polar surface area (TPSA) is 98.7 Å². The normalized spacial score (nSPS) is 18.2. The largest absolute Gasteiger partial charge is 0.395 e. The maximum atomic E-state index is 15.2. The van der Waals surface area contributed by atoms with E-state index >= 15 is 4.39 Å². The summed E-state index contributed by atoms with van der Waals surface area (Å²) < 4.78 is 15.2. The van der Waals surface area contributed by atoms with E-state index in [1.54, 1.807) is 30.5 Å². The lowest BCUT2D eigenvalue weighted by molar-refractivity contribution is -0.115. The number of amides is 2. The molecule has 34 heavy (non-hydrogen) atoms. The highest BCUT2D eigenvalue weighted by molar-refractivity contribution is 8.18. The SMILES string of the molecule is O=C1NC(=O)/C(=C/c2ccc3nncc(-c4ccc(N5CCN(CCO)CC5)c(F)c4)c3c2)S1. The second-order valence-electron chi connectivity index (χ2n) is 8.11. The van der Waals surface area contributed by atoms with Gasteiger partial charge in [-0.1, -0.05) is 12.1 Å². The number of carbonyl (C=O) groups is 2. The zero-order valence-corrected chi connectivity index (χ0v) is 19.0. The Bertz CT molecular complexity index is 1310. The number of halogens is 1. The van der Waals surface area contributed by atoms with Gasteiger partial charge in [0.2, 0.25) is 0 Å². The monoisotopic (exact) mass is 479 g/mol. The van der Waals surface area contributed by atoms with Crippen LogP contribution >= 0.6 is 11.8 Å². The molecule has 3 aromatic rings. The van der Waals surface area contributed by atoms with Crippen molar-refractivity contribution in [2.24, 2.45) is 0 Å². The molecule has 0 radical (unpaired) electrons. The third-order valence-corrected chi connectivity index (χ3v) is 6.80. The van der Waals surface area contributed by atoms with Crippen LogP contribution in [-0.4, -0.2) is 70.7 Å². The molecule has 10 heteroatoms. The van der Waals surface area contributed by atoms with Crippen LogP contribution < -0.4 is 10.2 Å². The minimum absolute atomic E-state index is 0.125. The van der Waals surface area contributed by atoms with Gasteiger partial charge in [-0.2, -0.15) is 10.2 Å². The molecule has 2 amide bonds. The highest BCUT2D eigenvalue weighted by atomic mass is 32.2. The molecule has 174 valence electrons. The number of imide groups is 1. The zero-order chi connectivity index (χ0) is 23.7. The Labute approximate surface area is 199 Å². The Kier molecular flexibility index (Phi) is 6.27. The summed E-state index contributed by atoms with van der Waals surface area (Å²) in [4.78, 5) is 27.8. The number of thioether (sulfide) groups is 1. The fraction of sp³-hybridized carbons (Fsp3) is 0.250. The average molecular weight is 480 g/mol. The van der Waals surface area contributed by atoms with Crippen LogP contribution in [0.3, 0.4) is 0 Å². The van der Waals surface area contributed by atoms with Crippen molar-refractivity contribution < 1.29 is 19.1 Å². The number of anilines is 1. The second-order valence-corrected chi connectivity index (χ2v) is 9.12. The first-order valence-corrected chi connectivity index (χ1v) is 11.7. The molecule has 2 N–H and O–H groups in total. The molecule has 0 atom stereocenters. The summed E-state index contributed by atoms with van der Waals surface area (Å²) >= 11 is 0.858. The molecule has 0 aliphatic carbocycles. The number of nitrogens with one attached hydrogen (secondary N) is 1. The van der Waals surface area contributed by atoms with Gasteiger partial charge in [0.1, 0.15) is 5.82 Å². The number of benzene rings is 2. The third kappa shape index (κ3) is 4.52. The maximum Gasteiger partial charge on any atom is 0.290 e. The Balaban J connectivity index is 1.45. The van der Waals surface area contributed by atoms with Gasteiger partial charge in [0, 0.05) is 43.7 Å². The van der Waals surface area contributed by atoms with Crippen molar-refractivity contribution in [3.63, 3.8) is 0 Å². The maximum absolute atomic E-state index is 15.2. The van der Waals surface area contributed by atoms with Crippen LogP contribution in [0.15, 0.2) is 47.5 Å². The summed E-state index contributed by atoms with van der Waals surface area (Å²) in [5.74, 6) is -0.730. The van der Waals surface area contributed by atoms with Gasteiger partial charge in [-0.15, -0.1) is 0 Å². The van der Waals surface area contributed by atoms with E-state index in [0.29, 0.717) is 41.3 Å². The van der Waals surface area contributed by atoms with E-state index < -0.39 is 11.1 Å². The second kappa shape index (κ2) is 9.49. The number of fused-ring (bicyclic) bond motifs is 1. The van der Waals surface area contributed by atoms with Crippen LogP contribution in [0.4, 0.5) is 14.9 Å². The van der Waals surface area contributed by atoms with Crippen LogP contribution in [0, 0.1) is 5.82 Å². The summed E-state index contributed by atoms with van der Waals surface area (Å²) in [6.07, 6.45) is 3.25. The van der Waals surface area contributed by atoms with E-state index in [0.717, 1.165) is 41.4 Å². The van der Waals surface area contributed by atoms with Crippen molar-refractivity contribution >= 4 is 45.6 Å². The van der Waals surface area contributed by atoms with Crippen molar-refractivity contribution in [2.45, 2.75) is 0 Å². The fourth-order valence-electron chi connectivity index (χ4n) is 4.25. The molecule has 2 aliphatic rings. The molecular weight excluding hydrogens is 457 g/mol. The average Bonchev–Trinajstić information content (AvgIpc) is 3.15. The first kappa shape index (κ1) is 22.5. The number of carbonyl (C=O) groups excluding carboxylic acids is 2. The lowest BCUT2D eigenvalue weighted by Gasteiger charge is -2.36. The van der Waals surface area contributed by atoms with Gasteiger partial charge in [0.05, 0.1) is 28.9 Å². The first-order valence-electron chi connectivity index (χ1n) is 10.9. The quantitative estimate of drug-likeness (QED) is 0.539. The van der Waals surface area contributed by atoms with E-state index in [4.69, 9.17) is 5.11 Å². The number of β-amino-alcohol motifs (C(OH)–C–C–N with tert-alkyl or cyclic N) is 1. The lowest BCUT2D eigenvalue weighted by Crippen LogP contribution is -2.47. The minimum Gasteiger partial charge on any atom is -0.395 e. The van der Waals surface area contributed by atoms with Crippen molar-refractivity contribution in [2.75, 3.05) is 44.2 Å². The number of hydrogen-bond acceptors (Lipinski definition) is 8. The molecule has 0 saturated carbocycles. The Hall–Kier alpha value is -3.34. The predicted molar refractivity (Wildman–Crippen MR) is 130 cm³/mol. The van der Waals surface area contributed by atoms with Crippen molar-refractivity contribution in [1.82, 2.24) is 20.4 Å². The zero-order valence-electron chi connectivity index (χ0n) is 18.2. The van der Waals surface area contributed by atoms with Crippen LogP contribution in [0.2, 0.25) is 0 Å². The van der Waals surface area contributed by atoms with Crippen molar-refractivity contribution in [3.8, 4) is 11.1 Å². The van der Waals surface area contributed by atoms with Crippen LogP contribution in [0.1, 0.15) is 5.56 Å². The molecule has 2 aliphatic heterocycles. The third-order valence-electron chi connectivity index (χ3n) is 5.99. The summed E-state index contributed by atoms with van der Waals surface area (Å²) in [7, 11) is 0. The van der Waals surface area contributed by atoms with Gasteiger partial charge in [-0.3, -0.25) is 19.8 Å². The summed E-state index contributed by atoms with van der Waals surface area (Å²) in [6.45, 7) is 3.71. The smallest absolute Gasteiger partial charge is 0.290 e. The molecule has 0 bridgehead atoms. The molecule has 1 aromatic heterocycles.